The Morgan fingerprint density at radius 2 is 1.67 bits per heavy atom. The molecule has 0 unspecified atom stereocenters. The minimum atomic E-state index is -0.170. The van der Waals surface area contributed by atoms with Crippen LogP contribution in [0.15, 0.2) is 53.9 Å². The van der Waals surface area contributed by atoms with Crippen LogP contribution in [-0.2, 0) is 13.1 Å². The first kappa shape index (κ1) is 18.3. The standard InChI is InChI=1S/C22H24FN3S/c1-17-3-2-4-19(13-17)22-24-21(16-27-22)15-26-11-9-25(10-12-26)14-18-5-7-20(23)8-6-18/h2-8,13,16H,9-12,14-15H2,1H3. The number of hydrogen-bond donors (Lipinski definition) is 0. The van der Waals surface area contributed by atoms with Crippen molar-refractivity contribution in [2.75, 3.05) is 26.2 Å². The Kier molecular flexibility index (Phi) is 5.62. The summed E-state index contributed by atoms with van der Waals surface area (Å²) in [5, 5.41) is 3.28. The van der Waals surface area contributed by atoms with Crippen LogP contribution >= 0.6 is 11.3 Å². The molecular formula is C22H24FN3S. The third-order valence-electron chi connectivity index (χ3n) is 4.99. The zero-order valence-electron chi connectivity index (χ0n) is 15.6. The number of thiazole rings is 1. The molecule has 0 saturated carbocycles. The van der Waals surface area contributed by atoms with E-state index in [9.17, 15) is 4.39 Å². The highest BCUT2D eigenvalue weighted by Crippen LogP contribution is 2.25. The van der Waals surface area contributed by atoms with Crippen molar-refractivity contribution < 1.29 is 4.39 Å². The maximum atomic E-state index is 13.0. The van der Waals surface area contributed by atoms with Crippen LogP contribution in [-0.4, -0.2) is 41.0 Å². The molecule has 2 aromatic carbocycles. The van der Waals surface area contributed by atoms with Crippen molar-refractivity contribution >= 4 is 11.3 Å². The van der Waals surface area contributed by atoms with Gasteiger partial charge in [-0.1, -0.05) is 35.9 Å². The van der Waals surface area contributed by atoms with Gasteiger partial charge in [0.15, 0.2) is 0 Å². The second-order valence-electron chi connectivity index (χ2n) is 7.19. The lowest BCUT2D eigenvalue weighted by molar-refractivity contribution is 0.121. The molecule has 0 atom stereocenters. The number of aryl methyl sites for hydroxylation is 1. The van der Waals surface area contributed by atoms with Gasteiger partial charge < -0.3 is 0 Å². The van der Waals surface area contributed by atoms with Gasteiger partial charge in [-0.25, -0.2) is 9.37 Å². The molecule has 0 aliphatic carbocycles. The van der Waals surface area contributed by atoms with E-state index in [0.29, 0.717) is 0 Å². The Labute approximate surface area is 164 Å². The van der Waals surface area contributed by atoms with Crippen LogP contribution in [0, 0.1) is 12.7 Å². The average Bonchev–Trinajstić information content (AvgIpc) is 3.14. The largest absolute Gasteiger partial charge is 0.297 e. The minimum Gasteiger partial charge on any atom is -0.297 e. The number of hydrogen-bond acceptors (Lipinski definition) is 4. The summed E-state index contributed by atoms with van der Waals surface area (Å²) < 4.78 is 13.0. The van der Waals surface area contributed by atoms with E-state index in [4.69, 9.17) is 4.98 Å². The predicted molar refractivity (Wildman–Crippen MR) is 109 cm³/mol. The Morgan fingerprint density at radius 1 is 0.963 bits per heavy atom. The first-order valence-corrected chi connectivity index (χ1v) is 10.2. The van der Waals surface area contributed by atoms with Crippen molar-refractivity contribution in [3.63, 3.8) is 0 Å². The van der Waals surface area contributed by atoms with E-state index in [0.717, 1.165) is 50.0 Å². The molecule has 1 aliphatic rings. The van der Waals surface area contributed by atoms with Gasteiger partial charge in [-0.05, 0) is 30.7 Å². The van der Waals surface area contributed by atoms with Gasteiger partial charge in [0.25, 0.3) is 0 Å². The van der Waals surface area contributed by atoms with Crippen LogP contribution in [0.1, 0.15) is 16.8 Å². The van der Waals surface area contributed by atoms with Crippen molar-refractivity contribution in [3.8, 4) is 10.6 Å². The van der Waals surface area contributed by atoms with Gasteiger partial charge >= 0.3 is 0 Å². The maximum Gasteiger partial charge on any atom is 0.123 e. The zero-order chi connectivity index (χ0) is 18.6. The number of rotatable bonds is 5. The number of nitrogens with zero attached hydrogens (tertiary/aromatic N) is 3. The fraction of sp³-hybridized carbons (Fsp3) is 0.318. The van der Waals surface area contributed by atoms with E-state index in [-0.39, 0.29) is 5.82 Å². The molecule has 0 radical (unpaired) electrons. The van der Waals surface area contributed by atoms with Gasteiger partial charge in [-0.2, -0.15) is 0 Å². The first-order chi connectivity index (χ1) is 13.2. The summed E-state index contributed by atoms with van der Waals surface area (Å²) in [6.45, 7) is 8.06. The van der Waals surface area contributed by atoms with E-state index < -0.39 is 0 Å². The van der Waals surface area contributed by atoms with Crippen LogP contribution in [0.3, 0.4) is 0 Å². The van der Waals surface area contributed by atoms with Crippen molar-refractivity contribution in [1.29, 1.82) is 0 Å². The lowest BCUT2D eigenvalue weighted by Gasteiger charge is -2.34. The van der Waals surface area contributed by atoms with Crippen molar-refractivity contribution in [2.45, 2.75) is 20.0 Å². The summed E-state index contributed by atoms with van der Waals surface area (Å²) in [6, 6.07) is 15.4. The Balaban J connectivity index is 1.30. The highest BCUT2D eigenvalue weighted by molar-refractivity contribution is 7.13. The number of halogens is 1. The lowest BCUT2D eigenvalue weighted by Crippen LogP contribution is -2.45. The third kappa shape index (κ3) is 4.80. The van der Waals surface area contributed by atoms with Crippen LogP contribution in [0.4, 0.5) is 4.39 Å². The first-order valence-electron chi connectivity index (χ1n) is 9.36. The average molecular weight is 382 g/mol. The molecule has 1 aromatic heterocycles. The van der Waals surface area contributed by atoms with Crippen LogP contribution in [0.25, 0.3) is 10.6 Å². The fourth-order valence-electron chi connectivity index (χ4n) is 3.47. The van der Waals surface area contributed by atoms with Crippen LogP contribution < -0.4 is 0 Å². The normalized spacial score (nSPS) is 15.9. The quantitative estimate of drug-likeness (QED) is 0.645. The molecule has 3 nitrogen and oxygen atoms in total. The van der Waals surface area contributed by atoms with Gasteiger partial charge in [0.2, 0.25) is 0 Å². The topological polar surface area (TPSA) is 19.4 Å². The summed E-state index contributed by atoms with van der Waals surface area (Å²) in [5.41, 5.74) is 4.80. The van der Waals surface area contributed by atoms with E-state index in [2.05, 4.69) is 46.4 Å². The molecule has 140 valence electrons. The van der Waals surface area contributed by atoms with Gasteiger partial charge in [-0.15, -0.1) is 11.3 Å². The van der Waals surface area contributed by atoms with Gasteiger partial charge in [0.1, 0.15) is 10.8 Å². The second kappa shape index (κ2) is 8.30. The summed E-state index contributed by atoms with van der Waals surface area (Å²) >= 11 is 1.72. The Bertz CT molecular complexity index is 883. The molecule has 2 heterocycles. The van der Waals surface area contributed by atoms with Gasteiger partial charge in [0.05, 0.1) is 5.69 Å². The van der Waals surface area contributed by atoms with E-state index in [1.165, 1.54) is 16.7 Å². The van der Waals surface area contributed by atoms with Crippen LogP contribution in [0.2, 0.25) is 0 Å². The number of piperazine rings is 1. The number of aromatic nitrogens is 1. The van der Waals surface area contributed by atoms with Crippen molar-refractivity contribution in [2.24, 2.45) is 0 Å². The predicted octanol–water partition coefficient (Wildman–Crippen LogP) is 4.58. The lowest BCUT2D eigenvalue weighted by atomic mass is 10.1. The molecule has 3 aromatic rings. The molecule has 1 fully saturated rings. The summed E-state index contributed by atoms with van der Waals surface area (Å²) in [4.78, 5) is 9.74. The summed E-state index contributed by atoms with van der Waals surface area (Å²) in [7, 11) is 0. The summed E-state index contributed by atoms with van der Waals surface area (Å²) in [6.07, 6.45) is 0. The fourth-order valence-corrected chi connectivity index (χ4v) is 4.28. The molecular weight excluding hydrogens is 357 g/mol. The van der Waals surface area contributed by atoms with E-state index >= 15 is 0 Å². The molecule has 1 aliphatic heterocycles. The molecule has 5 heteroatoms. The second-order valence-corrected chi connectivity index (χ2v) is 8.05. The highest BCUT2D eigenvalue weighted by Gasteiger charge is 2.18. The molecule has 0 spiro atoms. The Morgan fingerprint density at radius 3 is 2.37 bits per heavy atom. The molecule has 4 rings (SSSR count). The monoisotopic (exact) mass is 381 g/mol. The number of benzene rings is 2. The van der Waals surface area contributed by atoms with Crippen LogP contribution in [0.5, 0.6) is 0 Å². The van der Waals surface area contributed by atoms with E-state index in [1.54, 1.807) is 23.5 Å². The SMILES string of the molecule is Cc1cccc(-c2nc(CN3CCN(Cc4ccc(F)cc4)CC3)cs2)c1. The zero-order valence-corrected chi connectivity index (χ0v) is 16.4. The molecule has 27 heavy (non-hydrogen) atoms. The smallest absolute Gasteiger partial charge is 0.123 e. The molecule has 1 saturated heterocycles. The van der Waals surface area contributed by atoms with Crippen molar-refractivity contribution in [3.05, 3.63) is 76.5 Å². The van der Waals surface area contributed by atoms with Gasteiger partial charge in [-0.3, -0.25) is 9.80 Å². The maximum absolute atomic E-state index is 13.0. The third-order valence-corrected chi connectivity index (χ3v) is 5.93. The molecule has 0 N–H and O–H groups in total. The summed E-state index contributed by atoms with van der Waals surface area (Å²) in [5.74, 6) is -0.170. The molecule has 0 amide bonds. The molecule has 0 bridgehead atoms. The van der Waals surface area contributed by atoms with Gasteiger partial charge in [0, 0.05) is 50.2 Å². The minimum absolute atomic E-state index is 0.170. The van der Waals surface area contributed by atoms with E-state index in [1.807, 2.05) is 12.1 Å². The van der Waals surface area contributed by atoms with Crippen molar-refractivity contribution in [1.82, 2.24) is 14.8 Å². The Hall–Kier alpha value is -2.08. The highest BCUT2D eigenvalue weighted by atomic mass is 32.1.